The third kappa shape index (κ3) is 8.68. The van der Waals surface area contributed by atoms with Gasteiger partial charge in [-0.1, -0.05) is 30.3 Å². The zero-order valence-corrected chi connectivity index (χ0v) is 35.2. The Kier molecular flexibility index (Phi) is 11.0. The highest BCUT2D eigenvalue weighted by molar-refractivity contribution is 7.90. The van der Waals surface area contributed by atoms with Crippen molar-refractivity contribution in [1.82, 2.24) is 19.6 Å². The molecule has 4 N–H and O–H groups in total. The number of aromatic nitrogens is 2. The summed E-state index contributed by atoms with van der Waals surface area (Å²) in [7, 11) is -4.56. The van der Waals surface area contributed by atoms with E-state index in [0.717, 1.165) is 62.5 Å². The Bertz CT molecular complexity index is 2520. The van der Waals surface area contributed by atoms with Gasteiger partial charge in [-0.05, 0) is 131 Å². The van der Waals surface area contributed by atoms with Gasteiger partial charge in [0.25, 0.3) is 21.6 Å². The van der Waals surface area contributed by atoms with Crippen LogP contribution in [0.25, 0.3) is 11.0 Å². The normalized spacial score (nSPS) is 23.1. The molecule has 4 fully saturated rings. The second kappa shape index (κ2) is 16.4. The summed E-state index contributed by atoms with van der Waals surface area (Å²) < 4.78 is 35.9. The number of piperidine rings is 1. The molecule has 2 saturated heterocycles. The molecule has 4 aliphatic rings. The number of carbonyl (C=O) groups excluding carboxylic acids is 1. The number of fused-ring (bicyclic) bond motifs is 1. The first-order valence-electron chi connectivity index (χ1n) is 21.5. The second-order valence-electron chi connectivity index (χ2n) is 17.9. The summed E-state index contributed by atoms with van der Waals surface area (Å²) in [5, 5.41) is 26.3. The van der Waals surface area contributed by atoms with Crippen LogP contribution in [0.2, 0.25) is 0 Å². The number of aromatic amines is 1. The number of carbonyl (C=O) groups is 1. The quantitative estimate of drug-likeness (QED) is 0.0700. The van der Waals surface area contributed by atoms with Gasteiger partial charge in [0.15, 0.2) is 0 Å². The molecule has 2 aliphatic heterocycles. The van der Waals surface area contributed by atoms with E-state index in [1.165, 1.54) is 49.6 Å². The van der Waals surface area contributed by atoms with Crippen molar-refractivity contribution in [2.24, 2.45) is 11.3 Å². The smallest absolute Gasteiger partial charge is 0.293 e. The fraction of sp³-hybridized carbons (Fsp3) is 0.435. The van der Waals surface area contributed by atoms with Crippen molar-refractivity contribution in [1.29, 1.82) is 0 Å². The molecule has 15 heteroatoms. The molecule has 2 aliphatic carbocycles. The SMILES string of the molecule is C[C@]1(O)CC[C@H](CNc2ccc(S(=O)(=O)NC(=O)c3ccc(N4CCC5(CC4)CC(N4CCC[C@H]4c4ccccc4)C5)cc3Oc3cnc4[nH]ccc4c3)cc2[N+](=O)[O-])CC1. The molecule has 2 aromatic heterocycles. The van der Waals surface area contributed by atoms with Crippen LogP contribution in [0.4, 0.5) is 17.1 Å². The summed E-state index contributed by atoms with van der Waals surface area (Å²) in [5.74, 6) is -0.209. The highest BCUT2D eigenvalue weighted by Crippen LogP contribution is 2.54. The molecule has 0 radical (unpaired) electrons. The van der Waals surface area contributed by atoms with Crippen LogP contribution in [0.5, 0.6) is 11.5 Å². The zero-order valence-electron chi connectivity index (χ0n) is 34.4. The number of aliphatic hydroxyl groups is 1. The molecule has 1 atom stereocenters. The predicted octanol–water partition coefficient (Wildman–Crippen LogP) is 8.32. The van der Waals surface area contributed by atoms with Gasteiger partial charge in [0.05, 0.1) is 27.2 Å². The number of rotatable bonds is 12. The van der Waals surface area contributed by atoms with Crippen molar-refractivity contribution in [3.8, 4) is 11.5 Å². The van der Waals surface area contributed by atoms with Gasteiger partial charge < -0.3 is 25.0 Å². The maximum absolute atomic E-state index is 13.9. The second-order valence-corrected chi connectivity index (χ2v) is 19.6. The van der Waals surface area contributed by atoms with Gasteiger partial charge in [0, 0.05) is 61.1 Å². The average Bonchev–Trinajstić information content (AvgIpc) is 3.93. The number of anilines is 2. The lowest BCUT2D eigenvalue weighted by Gasteiger charge is -2.56. The predicted molar refractivity (Wildman–Crippen MR) is 233 cm³/mol. The number of sulfonamides is 1. The number of nitrogens with one attached hydrogen (secondary N) is 3. The van der Waals surface area contributed by atoms with Gasteiger partial charge >= 0.3 is 0 Å². The number of nitro benzene ring substituents is 1. The Hall–Kier alpha value is -5.51. The van der Waals surface area contributed by atoms with E-state index in [-0.39, 0.29) is 22.9 Å². The van der Waals surface area contributed by atoms with E-state index in [9.17, 15) is 28.4 Å². The van der Waals surface area contributed by atoms with Crippen LogP contribution in [-0.4, -0.2) is 77.0 Å². The van der Waals surface area contributed by atoms with Crippen molar-refractivity contribution in [3.63, 3.8) is 0 Å². The van der Waals surface area contributed by atoms with E-state index < -0.39 is 37.0 Å². The van der Waals surface area contributed by atoms with Crippen molar-refractivity contribution in [2.45, 2.75) is 93.7 Å². The standard InChI is InChI=1S/C46H53N7O7S/c1-45(55)16-13-31(14-17-45)29-48-39-12-10-37(26-41(39)53(56)57)61(58,59)50-44(54)38-11-9-34(25-42(38)60-36-24-33-15-20-47-43(33)49-30-36)51-22-18-46(19-23-51)27-35(28-46)52-21-5-8-40(52)32-6-3-2-4-7-32/h2-4,6-7,9-12,15,20,24-26,30-31,35,40,48,55H,5,8,13-14,16-19,21-23,27-29H2,1H3,(H,47,49)(H,50,54)/t31-,40-,45-/m0/s1. The van der Waals surface area contributed by atoms with E-state index in [2.05, 4.69) is 60.1 Å². The van der Waals surface area contributed by atoms with Crippen molar-refractivity contribution in [2.75, 3.05) is 36.4 Å². The molecule has 5 aromatic rings. The van der Waals surface area contributed by atoms with Gasteiger partial charge in [0.2, 0.25) is 0 Å². The van der Waals surface area contributed by atoms with Crippen LogP contribution >= 0.6 is 0 Å². The summed E-state index contributed by atoms with van der Waals surface area (Å²) in [5.41, 5.74) is 2.29. The summed E-state index contributed by atoms with van der Waals surface area (Å²) in [6.07, 6.45) is 13.1. The number of pyridine rings is 1. The minimum absolute atomic E-state index is 0.0189. The number of likely N-dealkylation sites (tertiary alicyclic amines) is 1. The molecular formula is C46H53N7O7S. The minimum atomic E-state index is -4.56. The molecule has 9 rings (SSSR count). The van der Waals surface area contributed by atoms with E-state index in [1.54, 1.807) is 24.4 Å². The van der Waals surface area contributed by atoms with Gasteiger partial charge in [-0.25, -0.2) is 18.1 Å². The molecule has 1 spiro atoms. The summed E-state index contributed by atoms with van der Waals surface area (Å²) in [6.45, 7) is 5.10. The third-order valence-corrected chi connectivity index (χ3v) is 15.1. The molecule has 320 valence electrons. The number of H-pyrrole nitrogens is 1. The van der Waals surface area contributed by atoms with E-state index in [4.69, 9.17) is 4.74 Å². The van der Waals surface area contributed by atoms with Crippen molar-refractivity contribution in [3.05, 3.63) is 112 Å². The van der Waals surface area contributed by atoms with E-state index >= 15 is 0 Å². The fourth-order valence-electron chi connectivity index (χ4n) is 10.1. The Balaban J connectivity index is 0.899. The maximum atomic E-state index is 13.9. The number of ether oxygens (including phenoxy) is 1. The Labute approximate surface area is 355 Å². The monoisotopic (exact) mass is 847 g/mol. The third-order valence-electron chi connectivity index (χ3n) is 13.8. The van der Waals surface area contributed by atoms with Gasteiger partial charge in [0.1, 0.15) is 22.8 Å². The summed E-state index contributed by atoms with van der Waals surface area (Å²) in [6, 6.07) is 24.3. The molecule has 0 unspecified atom stereocenters. The topological polar surface area (TPSA) is 183 Å². The average molecular weight is 848 g/mol. The number of nitrogens with zero attached hydrogens (tertiary/aromatic N) is 4. The van der Waals surface area contributed by atoms with Gasteiger partial charge in [-0.3, -0.25) is 19.8 Å². The molecule has 4 heterocycles. The lowest BCUT2D eigenvalue weighted by molar-refractivity contribution is -0.384. The molecule has 14 nitrogen and oxygen atoms in total. The van der Waals surface area contributed by atoms with E-state index in [1.807, 2.05) is 19.1 Å². The maximum Gasteiger partial charge on any atom is 0.293 e. The van der Waals surface area contributed by atoms with Crippen LogP contribution in [0.15, 0.2) is 96.2 Å². The number of hydrogen-bond acceptors (Lipinski definition) is 11. The summed E-state index contributed by atoms with van der Waals surface area (Å²) in [4.78, 5) is 37.5. The lowest BCUT2D eigenvalue weighted by Crippen LogP contribution is -2.54. The molecule has 0 bridgehead atoms. The fourth-order valence-corrected chi connectivity index (χ4v) is 11.1. The minimum Gasteiger partial charge on any atom is -0.455 e. The molecule has 2 saturated carbocycles. The molecule has 3 aromatic carbocycles. The first-order chi connectivity index (χ1) is 29.3. The lowest BCUT2D eigenvalue weighted by atomic mass is 9.60. The zero-order chi connectivity index (χ0) is 42.4. The molecular weight excluding hydrogens is 795 g/mol. The molecule has 1 amide bonds. The number of hydrogen-bond donors (Lipinski definition) is 4. The Morgan fingerprint density at radius 3 is 2.51 bits per heavy atom. The van der Waals surface area contributed by atoms with Gasteiger partial charge in [-0.2, -0.15) is 0 Å². The Morgan fingerprint density at radius 2 is 1.75 bits per heavy atom. The van der Waals surface area contributed by atoms with Crippen LogP contribution in [0.3, 0.4) is 0 Å². The van der Waals surface area contributed by atoms with Crippen molar-refractivity contribution < 1.29 is 28.0 Å². The van der Waals surface area contributed by atoms with Crippen LogP contribution < -0.4 is 19.7 Å². The van der Waals surface area contributed by atoms with Crippen LogP contribution in [0, 0.1) is 21.4 Å². The largest absolute Gasteiger partial charge is 0.455 e. The van der Waals surface area contributed by atoms with Gasteiger partial charge in [-0.15, -0.1) is 0 Å². The highest BCUT2D eigenvalue weighted by Gasteiger charge is 2.49. The number of benzene rings is 3. The first-order valence-corrected chi connectivity index (χ1v) is 22.9. The molecule has 61 heavy (non-hydrogen) atoms. The highest BCUT2D eigenvalue weighted by atomic mass is 32.2. The van der Waals surface area contributed by atoms with Crippen LogP contribution in [-0.2, 0) is 10.0 Å². The number of nitro groups is 1. The first kappa shape index (κ1) is 40.9. The number of amides is 1. The van der Waals surface area contributed by atoms with Crippen molar-refractivity contribution >= 4 is 44.0 Å². The summed E-state index contributed by atoms with van der Waals surface area (Å²) >= 11 is 0. The van der Waals surface area contributed by atoms with E-state index in [0.29, 0.717) is 48.3 Å². The Morgan fingerprint density at radius 1 is 0.984 bits per heavy atom. The van der Waals surface area contributed by atoms with Crippen LogP contribution in [0.1, 0.15) is 93.1 Å².